The molecule has 0 radical (unpaired) electrons. The molecule has 1 N–H and O–H groups in total. The smallest absolute Gasteiger partial charge is 0.404 e. The molecule has 42 heavy (non-hydrogen) atoms. The molecule has 0 aliphatic carbocycles. The number of nitro groups is 1. The number of β-lactam (4-membered cyclic amide) rings is 1. The van der Waals surface area contributed by atoms with E-state index < -0.39 is 45.8 Å². The molecular formula is C29H25N3O8S2. The number of thiophene rings is 1. The molecule has 1 saturated heterocycles. The van der Waals surface area contributed by atoms with Crippen molar-refractivity contribution in [2.24, 2.45) is 0 Å². The van der Waals surface area contributed by atoms with E-state index in [4.69, 9.17) is 9.47 Å². The minimum Gasteiger partial charge on any atom is -0.461 e. The van der Waals surface area contributed by atoms with Crippen LogP contribution in [0.2, 0.25) is 0 Å². The lowest BCUT2D eigenvalue weighted by molar-refractivity contribution is -0.573. The van der Waals surface area contributed by atoms with E-state index in [2.05, 4.69) is 5.32 Å². The van der Waals surface area contributed by atoms with E-state index >= 15 is 0 Å². The van der Waals surface area contributed by atoms with Gasteiger partial charge in [0.15, 0.2) is 11.5 Å². The van der Waals surface area contributed by atoms with Crippen LogP contribution < -0.4 is 5.32 Å². The molecular weight excluding hydrogens is 582 g/mol. The fourth-order valence-electron chi connectivity index (χ4n) is 4.79. The maximum absolute atomic E-state index is 13.9. The lowest BCUT2D eigenvalue weighted by Crippen LogP contribution is -2.83. The van der Waals surface area contributed by atoms with Crippen molar-refractivity contribution in [3.05, 3.63) is 116 Å². The topological polar surface area (TPSA) is 145 Å². The quantitative estimate of drug-likeness (QED) is 0.120. The van der Waals surface area contributed by atoms with Crippen molar-refractivity contribution < 1.29 is 33.6 Å². The molecule has 13 heteroatoms. The molecule has 2 aromatic carbocycles. The zero-order chi connectivity index (χ0) is 29.9. The van der Waals surface area contributed by atoms with E-state index in [0.717, 1.165) is 16.7 Å². The highest BCUT2D eigenvalue weighted by atomic mass is 32.2. The van der Waals surface area contributed by atoms with Crippen LogP contribution in [-0.2, 0) is 35.1 Å². The number of carbonyl (C=O) groups is 4. The van der Waals surface area contributed by atoms with Crippen LogP contribution in [0.5, 0.6) is 0 Å². The fourth-order valence-corrected chi connectivity index (χ4v) is 6.91. The van der Waals surface area contributed by atoms with Gasteiger partial charge in [0, 0.05) is 23.1 Å². The normalized spacial score (nSPS) is 19.5. The predicted octanol–water partition coefficient (Wildman–Crippen LogP) is 3.44. The Morgan fingerprint density at radius 2 is 1.71 bits per heavy atom. The summed E-state index contributed by atoms with van der Waals surface area (Å²) in [5, 5.41) is 15.2. The number of fused-ring (bicyclic) bond motifs is 1. The molecule has 1 fully saturated rings. The molecule has 11 nitrogen and oxygen atoms in total. The first kappa shape index (κ1) is 29.0. The Bertz CT molecular complexity index is 1510. The molecule has 216 valence electrons. The number of nitrogens with zero attached hydrogens (tertiary/aromatic N) is 2. The molecule has 1 aromatic heterocycles. The van der Waals surface area contributed by atoms with Gasteiger partial charge in [0.25, 0.3) is 0 Å². The molecule has 5 rings (SSSR count). The molecule has 2 aliphatic rings. The second-order valence-corrected chi connectivity index (χ2v) is 11.6. The Morgan fingerprint density at radius 3 is 2.26 bits per heavy atom. The summed E-state index contributed by atoms with van der Waals surface area (Å²) in [6.45, 7) is 0.884. The van der Waals surface area contributed by atoms with Gasteiger partial charge in [0.1, 0.15) is 12.3 Å². The Labute approximate surface area is 248 Å². The average Bonchev–Trinajstić information content (AvgIpc) is 3.50. The Morgan fingerprint density at radius 1 is 1.07 bits per heavy atom. The lowest BCUT2D eigenvalue weighted by atomic mass is 9.95. The first-order valence-electron chi connectivity index (χ1n) is 12.8. The summed E-state index contributed by atoms with van der Waals surface area (Å²) < 4.78 is 11.1. The minimum absolute atomic E-state index is 0.0177. The lowest BCUT2D eigenvalue weighted by Gasteiger charge is -2.51. The van der Waals surface area contributed by atoms with Gasteiger partial charge < -0.3 is 9.47 Å². The van der Waals surface area contributed by atoms with E-state index in [-0.39, 0.29) is 30.1 Å². The first-order chi connectivity index (χ1) is 20.2. The summed E-state index contributed by atoms with van der Waals surface area (Å²) in [5.41, 5.74) is -1.14. The van der Waals surface area contributed by atoms with Gasteiger partial charge in [0.05, 0.1) is 11.3 Å². The SMILES string of the molecule is CC(=O)OCC1=C(C(=O)OC(c2ccccc2)c2ccccc2)N2C(=O)[C@@](NC(=O)Cc3cccs3)([N+](=O)[O-])[C@H]2SC1. The van der Waals surface area contributed by atoms with Gasteiger partial charge in [-0.25, -0.2) is 4.79 Å². The number of nitrogens with one attached hydrogen (secondary N) is 1. The van der Waals surface area contributed by atoms with E-state index in [1.54, 1.807) is 66.0 Å². The molecule has 2 aliphatic heterocycles. The third-order valence-corrected chi connectivity index (χ3v) is 8.99. The Hall–Kier alpha value is -4.49. The summed E-state index contributed by atoms with van der Waals surface area (Å²) in [7, 11) is 0. The highest BCUT2D eigenvalue weighted by Gasteiger charge is 2.75. The van der Waals surface area contributed by atoms with Crippen LogP contribution >= 0.6 is 23.1 Å². The number of amides is 2. The molecule has 0 saturated carbocycles. The van der Waals surface area contributed by atoms with Gasteiger partial charge in [-0.15, -0.1) is 23.1 Å². The molecule has 0 spiro atoms. The third kappa shape index (κ3) is 5.52. The van der Waals surface area contributed by atoms with Crippen molar-refractivity contribution in [3.8, 4) is 0 Å². The number of benzene rings is 2. The molecule has 3 heterocycles. The summed E-state index contributed by atoms with van der Waals surface area (Å²) in [4.78, 5) is 65.1. The Kier molecular flexibility index (Phi) is 8.41. The molecule has 0 bridgehead atoms. The number of esters is 2. The number of hydrogen-bond donors (Lipinski definition) is 1. The van der Waals surface area contributed by atoms with E-state index in [0.29, 0.717) is 16.0 Å². The maximum atomic E-state index is 13.9. The second-order valence-electron chi connectivity index (χ2n) is 9.51. The standard InChI is InChI=1S/C29H25N3O8S2/c1-18(33)39-16-21-17-42-28-29(32(37)38,30-23(34)15-22-13-8-14-41-22)27(36)31(28)24(21)26(35)40-25(19-9-4-2-5-10-19)20-11-6-3-7-12-20/h2-14,25,28H,15-17H2,1H3,(H,30,34)/t28-,29-/m1/s1. The number of thioether (sulfide) groups is 1. The zero-order valence-electron chi connectivity index (χ0n) is 22.3. The summed E-state index contributed by atoms with van der Waals surface area (Å²) in [6.07, 6.45) is -1.01. The van der Waals surface area contributed by atoms with Crippen LogP contribution in [-0.4, -0.2) is 57.0 Å². The summed E-state index contributed by atoms with van der Waals surface area (Å²) in [5.74, 6) is -3.30. The molecule has 0 unspecified atom stereocenters. The van der Waals surface area contributed by atoms with Crippen LogP contribution in [0.15, 0.2) is 89.4 Å². The van der Waals surface area contributed by atoms with E-state index in [1.807, 2.05) is 12.1 Å². The van der Waals surface area contributed by atoms with Crippen molar-refractivity contribution in [2.75, 3.05) is 12.4 Å². The van der Waals surface area contributed by atoms with E-state index in [9.17, 15) is 29.3 Å². The van der Waals surface area contributed by atoms with Crippen LogP contribution in [0, 0.1) is 10.1 Å². The van der Waals surface area contributed by atoms with Gasteiger partial charge in [-0.05, 0) is 22.6 Å². The fraction of sp³-hybridized carbons (Fsp3) is 0.241. The van der Waals surface area contributed by atoms with Crippen molar-refractivity contribution in [1.82, 2.24) is 10.2 Å². The number of carbonyl (C=O) groups excluding carboxylic acids is 4. The summed E-state index contributed by atoms with van der Waals surface area (Å²) in [6, 6.07) is 21.4. The first-order valence-corrected chi connectivity index (χ1v) is 14.7. The maximum Gasteiger partial charge on any atom is 0.404 e. The van der Waals surface area contributed by atoms with Crippen molar-refractivity contribution in [2.45, 2.75) is 30.5 Å². The van der Waals surface area contributed by atoms with Gasteiger partial charge in [-0.3, -0.25) is 34.7 Å². The van der Waals surface area contributed by atoms with Crippen molar-refractivity contribution >= 4 is 46.9 Å². The summed E-state index contributed by atoms with van der Waals surface area (Å²) >= 11 is 2.30. The van der Waals surface area contributed by atoms with Gasteiger partial charge in [0.2, 0.25) is 5.91 Å². The second kappa shape index (κ2) is 12.2. The van der Waals surface area contributed by atoms with Crippen LogP contribution in [0.1, 0.15) is 29.0 Å². The minimum atomic E-state index is -2.48. The predicted molar refractivity (Wildman–Crippen MR) is 153 cm³/mol. The average molecular weight is 608 g/mol. The van der Waals surface area contributed by atoms with Crippen LogP contribution in [0.25, 0.3) is 0 Å². The largest absolute Gasteiger partial charge is 0.461 e. The third-order valence-electron chi connectivity index (χ3n) is 6.73. The van der Waals surface area contributed by atoms with Gasteiger partial charge >= 0.3 is 23.5 Å². The molecule has 2 atom stereocenters. The monoisotopic (exact) mass is 607 g/mol. The highest BCUT2D eigenvalue weighted by molar-refractivity contribution is 8.00. The van der Waals surface area contributed by atoms with Crippen molar-refractivity contribution in [1.29, 1.82) is 0 Å². The Balaban J connectivity index is 1.48. The molecule has 2 amide bonds. The van der Waals surface area contributed by atoms with Gasteiger partial charge in [-0.1, -0.05) is 66.7 Å². The van der Waals surface area contributed by atoms with Gasteiger partial charge in [-0.2, -0.15) is 0 Å². The molecule has 3 aromatic rings. The number of rotatable bonds is 10. The number of hydrogen-bond acceptors (Lipinski definition) is 10. The van der Waals surface area contributed by atoms with E-state index in [1.165, 1.54) is 18.3 Å². The van der Waals surface area contributed by atoms with Crippen molar-refractivity contribution in [3.63, 3.8) is 0 Å². The highest BCUT2D eigenvalue weighted by Crippen LogP contribution is 2.47. The van der Waals surface area contributed by atoms with Crippen LogP contribution in [0.3, 0.4) is 0 Å². The van der Waals surface area contributed by atoms with Crippen LogP contribution in [0.4, 0.5) is 0 Å². The number of ether oxygens (including phenoxy) is 2. The zero-order valence-corrected chi connectivity index (χ0v) is 23.9.